The van der Waals surface area contributed by atoms with E-state index in [4.69, 9.17) is 39.8 Å². The zero-order chi connectivity index (χ0) is 35.3. The summed E-state index contributed by atoms with van der Waals surface area (Å²) < 4.78 is 72.8. The second-order valence-corrected chi connectivity index (χ2v) is 19.2. The Bertz CT molecular complexity index is 1760. The molecule has 1 unspecified atom stereocenters. The van der Waals surface area contributed by atoms with Crippen LogP contribution in [0.4, 0.5) is 4.39 Å². The van der Waals surface area contributed by atoms with Crippen LogP contribution in [0.25, 0.3) is 11.1 Å². The molecule has 3 aliphatic rings. The molecule has 6 rings (SSSR count). The lowest BCUT2D eigenvalue weighted by molar-refractivity contribution is -0.0657. The first-order valence-corrected chi connectivity index (χ1v) is 18.3. The van der Waals surface area contributed by atoms with Gasteiger partial charge in [0.25, 0.3) is 5.91 Å². The number of ether oxygens (including phenoxy) is 2. The molecule has 0 spiro atoms. The van der Waals surface area contributed by atoms with Crippen molar-refractivity contribution in [2.24, 2.45) is 5.41 Å². The highest BCUT2D eigenvalue weighted by atomic mass is 35.5. The number of carbonyl (C=O) groups excluding carboxylic acids is 1. The average Bonchev–Trinajstić information content (AvgIpc) is 3.90. The number of hydrogen-bond acceptors (Lipinski definition) is 5. The number of pyridine rings is 1. The summed E-state index contributed by atoms with van der Waals surface area (Å²) in [6.07, 6.45) is 1.41. The number of hydrogen-bond donors (Lipinski definition) is 0. The molecule has 234 valence electrons. The number of nitrogens with zero attached hydrogens (tertiary/aromatic N) is 2. The maximum atomic E-state index is 18.2. The van der Waals surface area contributed by atoms with Crippen LogP contribution in [-0.4, -0.2) is 49.6 Å². The van der Waals surface area contributed by atoms with Gasteiger partial charge in [0.05, 0.1) is 23.7 Å². The highest BCUT2D eigenvalue weighted by Gasteiger charge is 2.64. The summed E-state index contributed by atoms with van der Waals surface area (Å²) in [5.74, 6) is -3.15. The summed E-state index contributed by atoms with van der Waals surface area (Å²) in [5.41, 5.74) is -1.92. The fourth-order valence-corrected chi connectivity index (χ4v) is 6.16. The van der Waals surface area contributed by atoms with Gasteiger partial charge in [0.2, 0.25) is 5.79 Å². The van der Waals surface area contributed by atoms with Gasteiger partial charge in [-0.05, 0) is 79.9 Å². The lowest BCUT2D eigenvalue weighted by atomic mass is 9.88. The number of alkyl halides is 1. The smallest absolute Gasteiger partial charge is 0.259 e. The molecule has 2 aromatic carbocycles. The van der Waals surface area contributed by atoms with E-state index >= 15 is 4.39 Å². The van der Waals surface area contributed by atoms with Crippen molar-refractivity contribution in [3.63, 3.8) is 0 Å². The number of benzene rings is 2. The van der Waals surface area contributed by atoms with Gasteiger partial charge in [-0.2, -0.15) is 0 Å². The second-order valence-electron chi connectivity index (χ2n) is 13.6. The molecule has 1 saturated carbocycles. The van der Waals surface area contributed by atoms with Crippen molar-refractivity contribution in [1.29, 1.82) is 0 Å². The number of carbonyl (C=O) groups is 1. The minimum atomic E-state index is -2.68. The van der Waals surface area contributed by atoms with Crippen LogP contribution in [0.2, 0.25) is 28.2 Å². The van der Waals surface area contributed by atoms with E-state index in [0.29, 0.717) is 21.3 Å². The van der Waals surface area contributed by atoms with Gasteiger partial charge in [-0.25, -0.2) is 4.39 Å². The molecular weight excluding hydrogens is 618 g/mol. The Balaban J connectivity index is 1.51. The Kier molecular flexibility index (Phi) is 6.55. The van der Waals surface area contributed by atoms with Gasteiger partial charge >= 0.3 is 0 Å². The summed E-state index contributed by atoms with van der Waals surface area (Å²) >= 11 is 12.3. The summed E-state index contributed by atoms with van der Waals surface area (Å²) in [6.45, 7) is 6.60. The normalized spacial score (nSPS) is 25.9. The summed E-state index contributed by atoms with van der Waals surface area (Å²) in [6, 6.07) is 12.6. The van der Waals surface area contributed by atoms with Gasteiger partial charge in [0.1, 0.15) is 5.75 Å². The van der Waals surface area contributed by atoms with Crippen LogP contribution in [0, 0.1) is 5.41 Å². The van der Waals surface area contributed by atoms with Gasteiger partial charge in [-0.3, -0.25) is 14.7 Å². The Morgan fingerprint density at radius 3 is 2.30 bits per heavy atom. The predicted molar refractivity (Wildman–Crippen MR) is 173 cm³/mol. The minimum absolute atomic E-state index is 0.0259. The molecule has 6 nitrogen and oxygen atoms in total. The molecule has 1 amide bonds. The van der Waals surface area contributed by atoms with Crippen LogP contribution in [-0.2, 0) is 21.4 Å². The number of rotatable bonds is 10. The van der Waals surface area contributed by atoms with Gasteiger partial charge in [0, 0.05) is 52.0 Å². The molecule has 10 heteroatoms. The van der Waals surface area contributed by atoms with Crippen LogP contribution in [0.15, 0.2) is 54.7 Å². The van der Waals surface area contributed by atoms with Gasteiger partial charge in [-0.1, -0.05) is 56.1 Å². The standard InChI is InChI=1S/C34H39Cl2FN2O4Si/c1-31(2,3)44(5,6)43-21-33(15-16-33)20-41-27-14-13-26-29(28(27)22-7-9-23(35)10-8-22)34(37,17-25-12-11-24(36)18-38-25)39(30(26)40)32(4)19-42-32/h7-14,18H,15-17,19-21H2,1-6H3/t32?,34-/m0/s1/i20D2,21D2. The van der Waals surface area contributed by atoms with E-state index < -0.39 is 44.3 Å². The maximum absolute atomic E-state index is 18.2. The molecule has 3 heterocycles. The van der Waals surface area contributed by atoms with E-state index in [1.807, 2.05) is 33.9 Å². The first-order chi connectivity index (χ1) is 22.1. The SMILES string of the molecule is [2H]C([2H])(Oc1ccc2c(c1-c1ccc(Cl)cc1)[C@](F)(Cc1ccc(Cl)cn1)N(C1(C)CO1)C2=O)C1(C([2H])([2H])O[Si](C)(C)C(C)(C)C)CC1. The van der Waals surface area contributed by atoms with Crippen molar-refractivity contribution < 1.29 is 28.6 Å². The van der Waals surface area contributed by atoms with E-state index in [-0.39, 0.29) is 53.3 Å². The van der Waals surface area contributed by atoms with Gasteiger partial charge in [-0.15, -0.1) is 0 Å². The van der Waals surface area contributed by atoms with Gasteiger partial charge < -0.3 is 13.9 Å². The third-order valence-corrected chi connectivity index (χ3v) is 13.8. The Morgan fingerprint density at radius 1 is 1.07 bits per heavy atom. The molecule has 1 aromatic heterocycles. The van der Waals surface area contributed by atoms with E-state index in [9.17, 15) is 7.54 Å². The third-order valence-electron chi connectivity index (χ3n) is 9.12. The van der Waals surface area contributed by atoms with E-state index in [1.54, 1.807) is 43.3 Å². The molecule has 2 atom stereocenters. The molecule has 2 aliphatic heterocycles. The van der Waals surface area contributed by atoms with Crippen molar-refractivity contribution >= 4 is 37.4 Å². The zero-order valence-electron chi connectivity index (χ0n) is 29.7. The quantitative estimate of drug-likeness (QED) is 0.124. The largest absolute Gasteiger partial charge is 0.492 e. The monoisotopic (exact) mass is 660 g/mol. The van der Waals surface area contributed by atoms with Crippen molar-refractivity contribution in [3.8, 4) is 16.9 Å². The zero-order valence-corrected chi connectivity index (χ0v) is 28.2. The Morgan fingerprint density at radius 2 is 1.73 bits per heavy atom. The van der Waals surface area contributed by atoms with Crippen molar-refractivity contribution in [1.82, 2.24) is 9.88 Å². The topological polar surface area (TPSA) is 64.2 Å². The number of amides is 1. The predicted octanol–water partition coefficient (Wildman–Crippen LogP) is 8.80. The van der Waals surface area contributed by atoms with E-state index in [1.165, 1.54) is 18.3 Å². The number of halogens is 3. The van der Waals surface area contributed by atoms with Crippen molar-refractivity contribution in [3.05, 3.63) is 81.6 Å². The first-order valence-electron chi connectivity index (χ1n) is 16.7. The maximum Gasteiger partial charge on any atom is 0.259 e. The van der Waals surface area contributed by atoms with Crippen LogP contribution < -0.4 is 4.74 Å². The summed E-state index contributed by atoms with van der Waals surface area (Å²) in [5, 5.41) is 0.468. The third kappa shape index (κ3) is 5.69. The molecule has 0 radical (unpaired) electrons. The molecular formula is C34H39Cl2FN2O4Si. The number of aromatic nitrogens is 1. The van der Waals surface area contributed by atoms with Crippen LogP contribution in [0.3, 0.4) is 0 Å². The molecule has 3 aromatic rings. The molecule has 1 saturated heterocycles. The molecule has 0 bridgehead atoms. The summed E-state index contributed by atoms with van der Waals surface area (Å²) in [4.78, 5) is 19.5. The average molecular weight is 662 g/mol. The van der Waals surface area contributed by atoms with Gasteiger partial charge in [0.15, 0.2) is 14.0 Å². The number of epoxide rings is 1. The van der Waals surface area contributed by atoms with Crippen LogP contribution in [0.1, 0.15) is 67.6 Å². The molecule has 2 fully saturated rings. The fraction of sp³-hybridized carbons (Fsp3) is 0.471. The van der Waals surface area contributed by atoms with Crippen LogP contribution in [0.5, 0.6) is 5.75 Å². The molecule has 44 heavy (non-hydrogen) atoms. The molecule has 0 N–H and O–H groups in total. The van der Waals surface area contributed by atoms with E-state index in [2.05, 4.69) is 4.98 Å². The minimum Gasteiger partial charge on any atom is -0.492 e. The van der Waals surface area contributed by atoms with Crippen molar-refractivity contribution in [2.75, 3.05) is 19.7 Å². The van der Waals surface area contributed by atoms with E-state index in [0.717, 1.165) is 4.90 Å². The summed E-state index contributed by atoms with van der Waals surface area (Å²) in [7, 11) is -2.68. The first kappa shape index (κ1) is 26.7. The highest BCUT2D eigenvalue weighted by Crippen LogP contribution is 2.56. The van der Waals surface area contributed by atoms with Crippen molar-refractivity contribution in [2.45, 2.75) is 76.6 Å². The Hall–Kier alpha value is -2.49. The lowest BCUT2D eigenvalue weighted by Crippen LogP contribution is -2.49. The highest BCUT2D eigenvalue weighted by molar-refractivity contribution is 6.74. The Labute approximate surface area is 275 Å². The van der Waals surface area contributed by atoms with Crippen LogP contribution >= 0.6 is 23.2 Å². The second kappa shape index (κ2) is 10.8. The number of fused-ring (bicyclic) bond motifs is 1. The molecule has 1 aliphatic carbocycles. The lowest BCUT2D eigenvalue weighted by Gasteiger charge is -2.37. The fourth-order valence-electron chi connectivity index (χ4n) is 5.16.